The second-order valence-corrected chi connectivity index (χ2v) is 6.01. The molecule has 1 N–H and O–H groups in total. The molecule has 5 nitrogen and oxygen atoms in total. The number of rotatable bonds is 4. The molecule has 1 amide bonds. The van der Waals surface area contributed by atoms with Gasteiger partial charge in [0.15, 0.2) is 6.61 Å². The molecule has 1 aromatic rings. The van der Waals surface area contributed by atoms with Gasteiger partial charge in [-0.05, 0) is 32.8 Å². The zero-order valence-electron chi connectivity index (χ0n) is 13.4. The molecule has 1 heterocycles. The Labute approximate surface area is 131 Å². The number of furan rings is 1. The van der Waals surface area contributed by atoms with Crippen LogP contribution >= 0.6 is 0 Å². The van der Waals surface area contributed by atoms with Crippen LogP contribution in [0.2, 0.25) is 0 Å². The van der Waals surface area contributed by atoms with Gasteiger partial charge < -0.3 is 14.5 Å². The van der Waals surface area contributed by atoms with Gasteiger partial charge in [-0.15, -0.1) is 0 Å². The Morgan fingerprint density at radius 2 is 1.82 bits per heavy atom. The van der Waals surface area contributed by atoms with E-state index >= 15 is 0 Å². The number of hydrogen-bond donors (Lipinski definition) is 1. The molecular formula is C17H25NO4. The molecule has 1 aliphatic rings. The fourth-order valence-electron chi connectivity index (χ4n) is 2.91. The lowest BCUT2D eigenvalue weighted by Gasteiger charge is -2.20. The Morgan fingerprint density at radius 1 is 1.18 bits per heavy atom. The van der Waals surface area contributed by atoms with E-state index in [0.717, 1.165) is 25.7 Å². The molecule has 1 aliphatic carbocycles. The van der Waals surface area contributed by atoms with Crippen LogP contribution in [0.4, 0.5) is 0 Å². The summed E-state index contributed by atoms with van der Waals surface area (Å²) in [5.41, 5.74) is 0.385. The molecule has 0 unspecified atom stereocenters. The third-order valence-corrected chi connectivity index (χ3v) is 4.07. The molecule has 5 heteroatoms. The fourth-order valence-corrected chi connectivity index (χ4v) is 2.91. The van der Waals surface area contributed by atoms with E-state index in [-0.39, 0.29) is 18.6 Å². The third-order valence-electron chi connectivity index (χ3n) is 4.07. The standard InChI is InChI=1S/C17H25NO4/c1-12-10-15(13(2)22-12)17(20)21-11-16(19)18-14-8-6-4-3-5-7-9-14/h10,14H,3-9,11H2,1-2H3,(H,18,19). The Hall–Kier alpha value is -1.78. The number of hydrogen-bond acceptors (Lipinski definition) is 4. The van der Waals surface area contributed by atoms with Gasteiger partial charge >= 0.3 is 5.97 Å². The Bertz CT molecular complexity index is 513. The zero-order valence-corrected chi connectivity index (χ0v) is 13.4. The van der Waals surface area contributed by atoms with Crippen molar-refractivity contribution in [1.29, 1.82) is 0 Å². The molecule has 0 spiro atoms. The van der Waals surface area contributed by atoms with Crippen LogP contribution in [0.3, 0.4) is 0 Å². The highest BCUT2D eigenvalue weighted by Gasteiger charge is 2.18. The van der Waals surface area contributed by atoms with E-state index in [1.165, 1.54) is 19.3 Å². The van der Waals surface area contributed by atoms with Crippen molar-refractivity contribution in [2.75, 3.05) is 6.61 Å². The topological polar surface area (TPSA) is 68.5 Å². The minimum Gasteiger partial charge on any atom is -0.466 e. The maximum Gasteiger partial charge on any atom is 0.342 e. The first kappa shape index (κ1) is 16.6. The molecule has 2 rings (SSSR count). The van der Waals surface area contributed by atoms with Crippen LogP contribution in [-0.2, 0) is 9.53 Å². The number of carbonyl (C=O) groups excluding carboxylic acids is 2. The van der Waals surface area contributed by atoms with Crippen LogP contribution in [0.25, 0.3) is 0 Å². The van der Waals surface area contributed by atoms with Gasteiger partial charge in [-0.1, -0.05) is 32.1 Å². The van der Waals surface area contributed by atoms with E-state index in [2.05, 4.69) is 5.32 Å². The van der Waals surface area contributed by atoms with Gasteiger partial charge in [0.1, 0.15) is 17.1 Å². The van der Waals surface area contributed by atoms with Crippen molar-refractivity contribution < 1.29 is 18.7 Å². The summed E-state index contributed by atoms with van der Waals surface area (Å²) in [7, 11) is 0. The summed E-state index contributed by atoms with van der Waals surface area (Å²) < 4.78 is 10.4. The Kier molecular flexibility index (Phi) is 6.04. The summed E-state index contributed by atoms with van der Waals surface area (Å²) in [4.78, 5) is 23.8. The van der Waals surface area contributed by atoms with Crippen LogP contribution < -0.4 is 5.32 Å². The van der Waals surface area contributed by atoms with Gasteiger partial charge in [-0.2, -0.15) is 0 Å². The second-order valence-electron chi connectivity index (χ2n) is 6.01. The molecule has 1 aromatic heterocycles. The molecule has 0 bridgehead atoms. The van der Waals surface area contributed by atoms with Gasteiger partial charge in [-0.3, -0.25) is 4.79 Å². The van der Waals surface area contributed by atoms with Gasteiger partial charge in [0.2, 0.25) is 0 Å². The molecule has 0 saturated heterocycles. The number of esters is 1. The van der Waals surface area contributed by atoms with E-state index in [0.29, 0.717) is 17.1 Å². The number of nitrogens with one attached hydrogen (secondary N) is 1. The predicted molar refractivity (Wildman–Crippen MR) is 82.7 cm³/mol. The molecular weight excluding hydrogens is 282 g/mol. The lowest BCUT2D eigenvalue weighted by molar-refractivity contribution is -0.125. The first-order valence-corrected chi connectivity index (χ1v) is 8.10. The number of ether oxygens (including phenoxy) is 1. The molecule has 1 fully saturated rings. The van der Waals surface area contributed by atoms with Gasteiger partial charge in [0, 0.05) is 6.04 Å². The third kappa shape index (κ3) is 4.90. The van der Waals surface area contributed by atoms with Crippen LogP contribution in [0.5, 0.6) is 0 Å². The van der Waals surface area contributed by atoms with E-state index < -0.39 is 5.97 Å². The Balaban J connectivity index is 1.77. The SMILES string of the molecule is Cc1cc(C(=O)OCC(=O)NC2CCCCCCC2)c(C)o1. The summed E-state index contributed by atoms with van der Waals surface area (Å²) >= 11 is 0. The minimum absolute atomic E-state index is 0.212. The fraction of sp³-hybridized carbons (Fsp3) is 0.647. The summed E-state index contributed by atoms with van der Waals surface area (Å²) in [6, 6.07) is 1.84. The lowest BCUT2D eigenvalue weighted by atomic mass is 9.97. The molecule has 1 saturated carbocycles. The van der Waals surface area contributed by atoms with Crippen molar-refractivity contribution >= 4 is 11.9 Å². The zero-order chi connectivity index (χ0) is 15.9. The highest BCUT2D eigenvalue weighted by atomic mass is 16.5. The van der Waals surface area contributed by atoms with E-state index in [4.69, 9.17) is 9.15 Å². The normalized spacial score (nSPS) is 16.6. The quantitative estimate of drug-likeness (QED) is 0.867. The average molecular weight is 307 g/mol. The van der Waals surface area contributed by atoms with E-state index in [1.54, 1.807) is 19.9 Å². The summed E-state index contributed by atoms with van der Waals surface area (Å²) in [5, 5.41) is 2.97. The molecule has 0 atom stereocenters. The molecule has 0 aliphatic heterocycles. The maximum absolute atomic E-state index is 11.9. The van der Waals surface area contributed by atoms with Crippen LogP contribution in [0.15, 0.2) is 10.5 Å². The van der Waals surface area contributed by atoms with Gasteiger partial charge in [-0.25, -0.2) is 4.79 Å². The van der Waals surface area contributed by atoms with E-state index in [9.17, 15) is 9.59 Å². The number of amides is 1. The first-order valence-electron chi connectivity index (χ1n) is 8.10. The summed E-state index contributed by atoms with van der Waals surface area (Å²) in [6.45, 7) is 3.24. The summed E-state index contributed by atoms with van der Waals surface area (Å²) in [5.74, 6) is 0.435. The monoisotopic (exact) mass is 307 g/mol. The molecule has 22 heavy (non-hydrogen) atoms. The second kappa shape index (κ2) is 8.01. The molecule has 122 valence electrons. The average Bonchev–Trinajstić information content (AvgIpc) is 2.78. The van der Waals surface area contributed by atoms with Crippen molar-refractivity contribution in [3.63, 3.8) is 0 Å². The van der Waals surface area contributed by atoms with Gasteiger partial charge in [0.05, 0.1) is 0 Å². The first-order chi connectivity index (χ1) is 10.6. The van der Waals surface area contributed by atoms with Crippen LogP contribution in [0.1, 0.15) is 66.8 Å². The van der Waals surface area contributed by atoms with Crippen molar-refractivity contribution in [1.82, 2.24) is 5.32 Å². The van der Waals surface area contributed by atoms with Crippen molar-refractivity contribution in [2.24, 2.45) is 0 Å². The number of aryl methyl sites for hydroxylation is 2. The molecule has 0 radical (unpaired) electrons. The Morgan fingerprint density at radius 3 is 2.41 bits per heavy atom. The van der Waals surface area contributed by atoms with Crippen molar-refractivity contribution in [3.8, 4) is 0 Å². The molecule has 0 aromatic carbocycles. The largest absolute Gasteiger partial charge is 0.466 e. The number of carbonyl (C=O) groups is 2. The van der Waals surface area contributed by atoms with Crippen molar-refractivity contribution in [2.45, 2.75) is 64.8 Å². The predicted octanol–water partition coefficient (Wildman–Crippen LogP) is 3.28. The minimum atomic E-state index is -0.512. The maximum atomic E-state index is 11.9. The van der Waals surface area contributed by atoms with Crippen LogP contribution in [-0.4, -0.2) is 24.5 Å². The van der Waals surface area contributed by atoms with E-state index in [1.807, 2.05) is 0 Å². The summed E-state index contributed by atoms with van der Waals surface area (Å²) in [6.07, 6.45) is 8.10. The van der Waals surface area contributed by atoms with Crippen molar-refractivity contribution in [3.05, 3.63) is 23.2 Å². The highest BCUT2D eigenvalue weighted by molar-refractivity contribution is 5.92. The van der Waals surface area contributed by atoms with Crippen LogP contribution in [0, 0.1) is 13.8 Å². The smallest absolute Gasteiger partial charge is 0.342 e. The lowest BCUT2D eigenvalue weighted by Crippen LogP contribution is -2.38. The highest BCUT2D eigenvalue weighted by Crippen LogP contribution is 2.17. The van der Waals surface area contributed by atoms with Gasteiger partial charge in [0.25, 0.3) is 5.91 Å².